The number of piperidine rings is 1. The third-order valence-electron chi connectivity index (χ3n) is 6.58. The van der Waals surface area contributed by atoms with E-state index in [1.54, 1.807) is 0 Å². The molecule has 1 saturated carbocycles. The van der Waals surface area contributed by atoms with Crippen LogP contribution in [0.2, 0.25) is 0 Å². The summed E-state index contributed by atoms with van der Waals surface area (Å²) in [5, 5.41) is 0. The molecule has 0 bridgehead atoms. The average molecular weight is 345 g/mol. The number of likely N-dealkylation sites (tertiary alicyclic amines) is 1. The lowest BCUT2D eigenvalue weighted by molar-refractivity contribution is -0.916. The summed E-state index contributed by atoms with van der Waals surface area (Å²) in [4.78, 5) is 0. The maximum absolute atomic E-state index is 6.41. The van der Waals surface area contributed by atoms with Gasteiger partial charge in [-0.1, -0.05) is 43.5 Å². The quantitative estimate of drug-likeness (QED) is 0.732. The van der Waals surface area contributed by atoms with Crippen molar-refractivity contribution in [2.24, 2.45) is 0 Å². The van der Waals surface area contributed by atoms with Gasteiger partial charge in [0, 0.05) is 5.56 Å². The number of nitrogens with zero attached hydrogens (tertiary/aromatic N) is 1. The van der Waals surface area contributed by atoms with Crippen molar-refractivity contribution in [3.8, 4) is 0 Å². The Bertz CT molecular complexity index is 561. The molecule has 0 amide bonds. The second kappa shape index (κ2) is 7.77. The number of rotatable bonds is 4. The van der Waals surface area contributed by atoms with E-state index in [4.69, 9.17) is 9.47 Å². The van der Waals surface area contributed by atoms with Crippen LogP contribution in [0.3, 0.4) is 0 Å². The Hall–Kier alpha value is -0.900. The second-order valence-corrected chi connectivity index (χ2v) is 8.70. The van der Waals surface area contributed by atoms with Crippen LogP contribution in [0.5, 0.6) is 0 Å². The molecule has 3 fully saturated rings. The van der Waals surface area contributed by atoms with Crippen LogP contribution < -0.4 is 0 Å². The Kier molecular flexibility index (Phi) is 5.44. The molecule has 3 heteroatoms. The van der Waals surface area contributed by atoms with Gasteiger partial charge in [0.1, 0.15) is 12.6 Å². The van der Waals surface area contributed by atoms with E-state index in [2.05, 4.69) is 31.3 Å². The summed E-state index contributed by atoms with van der Waals surface area (Å²) in [6, 6.07) is 8.86. The van der Waals surface area contributed by atoms with Gasteiger partial charge in [-0.15, -0.1) is 0 Å². The first-order valence-corrected chi connectivity index (χ1v) is 10.4. The number of likely N-dealkylation sites (N-methyl/N-ethyl adjacent to an activating group) is 1. The first-order chi connectivity index (χ1) is 12.2. The molecule has 1 aliphatic carbocycles. The Balaban J connectivity index is 1.43. The maximum atomic E-state index is 6.41. The highest BCUT2D eigenvalue weighted by Crippen LogP contribution is 2.39. The first kappa shape index (κ1) is 17.5. The van der Waals surface area contributed by atoms with Gasteiger partial charge >= 0.3 is 0 Å². The zero-order valence-corrected chi connectivity index (χ0v) is 15.8. The molecule has 0 spiro atoms. The molecule has 0 N–H and O–H groups in total. The highest BCUT2D eigenvalue weighted by Gasteiger charge is 2.36. The molecule has 3 aliphatic rings. The van der Waals surface area contributed by atoms with Crippen LogP contribution in [0.15, 0.2) is 24.3 Å². The lowest BCUT2D eigenvalue weighted by Crippen LogP contribution is -2.52. The molecule has 0 radical (unpaired) electrons. The number of hydrogen-bond donors (Lipinski definition) is 0. The van der Waals surface area contributed by atoms with Gasteiger partial charge in [-0.25, -0.2) is 0 Å². The van der Waals surface area contributed by atoms with E-state index in [1.165, 1.54) is 75.6 Å². The van der Waals surface area contributed by atoms with Crippen LogP contribution in [0.25, 0.3) is 0 Å². The minimum Gasteiger partial charge on any atom is -0.345 e. The number of hydrogen-bond acceptors (Lipinski definition) is 2. The molecule has 25 heavy (non-hydrogen) atoms. The highest BCUT2D eigenvalue weighted by molar-refractivity contribution is 5.32. The van der Waals surface area contributed by atoms with Crippen molar-refractivity contribution in [2.75, 3.05) is 33.3 Å². The molecule has 1 aromatic carbocycles. The van der Waals surface area contributed by atoms with Gasteiger partial charge in [0.15, 0.2) is 6.29 Å². The number of quaternary nitrogens is 1. The fourth-order valence-corrected chi connectivity index (χ4v) is 5.17. The highest BCUT2D eigenvalue weighted by atomic mass is 16.7. The lowest BCUT2D eigenvalue weighted by Gasteiger charge is -2.39. The van der Waals surface area contributed by atoms with Gasteiger partial charge < -0.3 is 14.0 Å². The van der Waals surface area contributed by atoms with E-state index in [0.29, 0.717) is 5.92 Å². The minimum atomic E-state index is -0.153. The van der Waals surface area contributed by atoms with E-state index >= 15 is 0 Å². The third-order valence-corrected chi connectivity index (χ3v) is 6.58. The summed E-state index contributed by atoms with van der Waals surface area (Å²) in [7, 11) is 2.39. The van der Waals surface area contributed by atoms with Crippen molar-refractivity contribution in [3.05, 3.63) is 35.4 Å². The predicted octanol–water partition coefficient (Wildman–Crippen LogP) is 4.78. The smallest absolute Gasteiger partial charge is 0.184 e. The van der Waals surface area contributed by atoms with E-state index in [9.17, 15) is 0 Å². The lowest BCUT2D eigenvalue weighted by atomic mass is 9.82. The first-order valence-electron chi connectivity index (χ1n) is 10.4. The molecule has 2 unspecified atom stereocenters. The topological polar surface area (TPSA) is 18.5 Å². The molecule has 0 aromatic heterocycles. The van der Waals surface area contributed by atoms with Crippen LogP contribution in [0.4, 0.5) is 0 Å². The van der Waals surface area contributed by atoms with Crippen molar-refractivity contribution < 1.29 is 14.0 Å². The average Bonchev–Trinajstić information content (AvgIpc) is 3.11. The van der Waals surface area contributed by atoms with Gasteiger partial charge in [0.2, 0.25) is 0 Å². The molecule has 3 nitrogen and oxygen atoms in total. The number of benzene rings is 1. The van der Waals surface area contributed by atoms with E-state index in [1.807, 2.05) is 0 Å². The molecule has 4 rings (SSSR count). The predicted molar refractivity (Wildman–Crippen MR) is 100 cm³/mol. The third kappa shape index (κ3) is 4.10. The van der Waals surface area contributed by atoms with Crippen LogP contribution in [-0.4, -0.2) is 43.9 Å². The van der Waals surface area contributed by atoms with Gasteiger partial charge in [-0.05, 0) is 43.6 Å². The second-order valence-electron chi connectivity index (χ2n) is 8.70. The summed E-state index contributed by atoms with van der Waals surface area (Å²) < 4.78 is 13.7. The summed E-state index contributed by atoms with van der Waals surface area (Å²) in [5.41, 5.74) is 2.77. The van der Waals surface area contributed by atoms with Crippen molar-refractivity contribution >= 4 is 0 Å². The van der Waals surface area contributed by atoms with E-state index < -0.39 is 0 Å². The van der Waals surface area contributed by atoms with Crippen molar-refractivity contribution in [3.63, 3.8) is 0 Å². The van der Waals surface area contributed by atoms with E-state index in [-0.39, 0.29) is 12.4 Å². The Morgan fingerprint density at radius 1 is 0.920 bits per heavy atom. The van der Waals surface area contributed by atoms with Crippen LogP contribution >= 0.6 is 0 Å². The largest absolute Gasteiger partial charge is 0.345 e. The van der Waals surface area contributed by atoms with Gasteiger partial charge in [0.05, 0.1) is 26.7 Å². The summed E-state index contributed by atoms with van der Waals surface area (Å²) >= 11 is 0. The standard InChI is InChI=1S/C22H34NO2/c1-23(14-8-3-9-15-23)16-19-17-24-22(25-19)21-13-7-6-12-20(21)18-10-4-2-5-11-18/h6-7,12-13,18-19,22H,2-5,8-11,14-17H2,1H3/q+1. The fourth-order valence-electron chi connectivity index (χ4n) is 5.17. The fraction of sp³-hybridized carbons (Fsp3) is 0.727. The SMILES string of the molecule is C[N+]1(CC2COC(c3ccccc3C3CCCCC3)O2)CCCCC1. The van der Waals surface area contributed by atoms with Crippen molar-refractivity contribution in [2.45, 2.75) is 69.7 Å². The summed E-state index contributed by atoms with van der Waals surface area (Å²) in [6.45, 7) is 4.44. The van der Waals surface area contributed by atoms with Crippen LogP contribution in [-0.2, 0) is 9.47 Å². The Labute approximate surface area is 152 Å². The van der Waals surface area contributed by atoms with Crippen molar-refractivity contribution in [1.82, 2.24) is 0 Å². The molecule has 2 heterocycles. The molecule has 2 aliphatic heterocycles. The van der Waals surface area contributed by atoms with Crippen molar-refractivity contribution in [1.29, 1.82) is 0 Å². The molecular formula is C22H34NO2+. The Morgan fingerprint density at radius 3 is 2.36 bits per heavy atom. The Morgan fingerprint density at radius 2 is 1.60 bits per heavy atom. The normalized spacial score (nSPS) is 30.4. The van der Waals surface area contributed by atoms with Gasteiger partial charge in [0.25, 0.3) is 0 Å². The number of ether oxygens (including phenoxy) is 2. The van der Waals surface area contributed by atoms with Crippen LogP contribution in [0, 0.1) is 0 Å². The molecule has 138 valence electrons. The van der Waals surface area contributed by atoms with Gasteiger partial charge in [-0.2, -0.15) is 0 Å². The molecule has 2 saturated heterocycles. The molecule has 1 aromatic rings. The molecule has 2 atom stereocenters. The van der Waals surface area contributed by atoms with Gasteiger partial charge in [-0.3, -0.25) is 0 Å². The minimum absolute atomic E-state index is 0.153. The molecular weight excluding hydrogens is 310 g/mol. The summed E-state index contributed by atoms with van der Waals surface area (Å²) in [6.07, 6.45) is 11.0. The summed E-state index contributed by atoms with van der Waals surface area (Å²) in [5.74, 6) is 0.697. The zero-order chi connectivity index (χ0) is 17.1. The zero-order valence-electron chi connectivity index (χ0n) is 15.8. The van der Waals surface area contributed by atoms with Crippen LogP contribution in [0.1, 0.15) is 74.7 Å². The maximum Gasteiger partial charge on any atom is 0.184 e. The van der Waals surface area contributed by atoms with E-state index in [0.717, 1.165) is 17.6 Å². The monoisotopic (exact) mass is 344 g/mol.